The second-order valence-corrected chi connectivity index (χ2v) is 12.0. The minimum absolute atomic E-state index is 0.0260. The first-order valence-corrected chi connectivity index (χ1v) is 15.2. The van der Waals surface area contributed by atoms with Crippen molar-refractivity contribution in [1.82, 2.24) is 0 Å². The summed E-state index contributed by atoms with van der Waals surface area (Å²) >= 11 is 0. The molecule has 10 heteroatoms. The van der Waals surface area contributed by atoms with Crippen molar-refractivity contribution in [2.45, 2.75) is 26.2 Å². The van der Waals surface area contributed by atoms with Gasteiger partial charge in [0.05, 0.1) is 22.3 Å². The molecule has 0 bridgehead atoms. The van der Waals surface area contributed by atoms with Crippen LogP contribution in [0.25, 0.3) is 0 Å². The van der Waals surface area contributed by atoms with Crippen molar-refractivity contribution >= 4 is 35.4 Å². The highest BCUT2D eigenvalue weighted by Gasteiger charge is 2.33. The van der Waals surface area contributed by atoms with E-state index >= 15 is 0 Å². The summed E-state index contributed by atoms with van der Waals surface area (Å²) in [4.78, 5) is 73.6. The first-order valence-electron chi connectivity index (χ1n) is 15.2. The van der Waals surface area contributed by atoms with E-state index in [1.807, 2.05) is 49.4 Å². The van der Waals surface area contributed by atoms with Crippen molar-refractivity contribution in [3.63, 3.8) is 0 Å². The molecule has 5 rings (SSSR count). The van der Waals surface area contributed by atoms with E-state index < -0.39 is 63.1 Å². The van der Waals surface area contributed by atoms with Crippen LogP contribution in [0.15, 0.2) is 103 Å². The van der Waals surface area contributed by atoms with Gasteiger partial charge in [0.15, 0.2) is 11.6 Å². The summed E-state index contributed by atoms with van der Waals surface area (Å²) in [5, 5.41) is 37.8. The maximum atomic E-state index is 13.6. The number of carboxylic acids is 4. The van der Waals surface area contributed by atoms with Gasteiger partial charge in [-0.2, -0.15) is 0 Å². The van der Waals surface area contributed by atoms with E-state index in [1.165, 1.54) is 12.1 Å². The summed E-state index contributed by atoms with van der Waals surface area (Å²) in [7, 11) is 0. The molecule has 0 radical (unpaired) electrons. The van der Waals surface area contributed by atoms with Gasteiger partial charge in [-0.1, -0.05) is 78.9 Å². The fourth-order valence-corrected chi connectivity index (χ4v) is 6.14. The number of aromatic carboxylic acids is 4. The van der Waals surface area contributed by atoms with E-state index in [0.717, 1.165) is 41.0 Å². The zero-order valence-corrected chi connectivity index (χ0v) is 27.1. The number of rotatable bonds is 11. The van der Waals surface area contributed by atoms with Crippen LogP contribution in [0.5, 0.6) is 0 Å². The largest absolute Gasteiger partial charge is 0.478 e. The van der Waals surface area contributed by atoms with Crippen LogP contribution in [0.2, 0.25) is 0 Å². The monoisotopic (exact) mass is 670 g/mol. The molecule has 0 saturated heterocycles. The fraction of sp³-hybridized carbons (Fsp3) is 0.100. The van der Waals surface area contributed by atoms with E-state index in [2.05, 4.69) is 0 Å². The molecule has 5 aromatic rings. The van der Waals surface area contributed by atoms with Gasteiger partial charge in [0.2, 0.25) is 0 Å². The van der Waals surface area contributed by atoms with Crippen molar-refractivity contribution in [2.24, 2.45) is 0 Å². The number of carbonyl (C=O) groups excluding carboxylic acids is 2. The van der Waals surface area contributed by atoms with Crippen LogP contribution < -0.4 is 0 Å². The Kier molecular flexibility index (Phi) is 9.31. The minimum Gasteiger partial charge on any atom is -0.478 e. The van der Waals surface area contributed by atoms with Crippen LogP contribution in [0.1, 0.15) is 108 Å². The van der Waals surface area contributed by atoms with E-state index in [9.17, 15) is 49.2 Å². The van der Waals surface area contributed by atoms with Gasteiger partial charge < -0.3 is 20.4 Å². The van der Waals surface area contributed by atoms with Crippen LogP contribution in [0, 0.1) is 13.8 Å². The summed E-state index contributed by atoms with van der Waals surface area (Å²) < 4.78 is 0. The van der Waals surface area contributed by atoms with Gasteiger partial charge in [-0.05, 0) is 72.9 Å². The highest BCUT2D eigenvalue weighted by Crippen LogP contribution is 2.40. The summed E-state index contributed by atoms with van der Waals surface area (Å²) in [6.07, 6.45) is 0. The lowest BCUT2D eigenvalue weighted by atomic mass is 9.70. The van der Waals surface area contributed by atoms with Crippen molar-refractivity contribution in [3.8, 4) is 0 Å². The third-order valence-electron chi connectivity index (χ3n) is 8.93. The van der Waals surface area contributed by atoms with Gasteiger partial charge >= 0.3 is 23.9 Å². The molecule has 4 N–H and O–H groups in total. The molecule has 0 spiro atoms. The third kappa shape index (κ3) is 6.29. The molecule has 0 aromatic heterocycles. The number of ketones is 2. The average molecular weight is 671 g/mol. The zero-order valence-electron chi connectivity index (χ0n) is 27.1. The lowest BCUT2D eigenvalue weighted by Crippen LogP contribution is -2.26. The lowest BCUT2D eigenvalue weighted by molar-refractivity contribution is 0.0651. The van der Waals surface area contributed by atoms with Crippen molar-refractivity contribution in [3.05, 3.63) is 175 Å². The molecule has 0 aliphatic carbocycles. The molecule has 50 heavy (non-hydrogen) atoms. The molecular formula is C40H30O10. The Balaban J connectivity index is 1.56. The number of carboxylic acid groups (broad SMARTS) is 4. The normalized spacial score (nSPS) is 11.1. The lowest BCUT2D eigenvalue weighted by Gasteiger charge is -2.33. The molecule has 0 heterocycles. The quantitative estimate of drug-likeness (QED) is 0.0850. The SMILES string of the molecule is Cc1cc(C(C)(c2ccccc2)c2ccc(C(=O)c3ccc(C(=O)O)c(C(=O)O)c3)c(C)c2)ccc1C(=O)c1ccc(C(=O)O)c(C(=O)O)c1. The molecule has 0 unspecified atom stereocenters. The predicted molar refractivity (Wildman–Crippen MR) is 182 cm³/mol. The van der Waals surface area contributed by atoms with Gasteiger partial charge in [-0.25, -0.2) is 19.2 Å². The van der Waals surface area contributed by atoms with Crippen LogP contribution >= 0.6 is 0 Å². The molecular weight excluding hydrogens is 640 g/mol. The van der Waals surface area contributed by atoms with Crippen LogP contribution in [-0.2, 0) is 5.41 Å². The Hall–Kier alpha value is -6.68. The Morgan fingerprint density at radius 3 is 1.12 bits per heavy atom. The fourth-order valence-electron chi connectivity index (χ4n) is 6.14. The predicted octanol–water partition coefficient (Wildman–Crippen LogP) is 6.91. The molecule has 0 amide bonds. The Bertz CT molecular complexity index is 2110. The standard InChI is InChI=1S/C40H30O10/c1-21-17-26(11-15-28(21)34(41)23-9-13-30(36(43)44)32(19-23)38(47)48)40(3,25-7-5-4-6-8-25)27-12-16-29(22(2)18-27)35(42)24-10-14-31(37(45)46)33(20-24)39(49)50/h4-20H,1-3H3,(H,43,44)(H,45,46)(H,47,48)(H,49,50). The highest BCUT2D eigenvalue weighted by atomic mass is 16.4. The first kappa shape index (κ1) is 34.6. The van der Waals surface area contributed by atoms with Gasteiger partial charge in [0, 0.05) is 27.7 Å². The Morgan fingerprint density at radius 2 is 0.780 bits per heavy atom. The second-order valence-electron chi connectivity index (χ2n) is 12.0. The molecule has 0 aliphatic heterocycles. The van der Waals surface area contributed by atoms with E-state index in [-0.39, 0.29) is 11.1 Å². The number of benzene rings is 5. The van der Waals surface area contributed by atoms with Gasteiger partial charge in [-0.3, -0.25) is 9.59 Å². The van der Waals surface area contributed by atoms with E-state index in [0.29, 0.717) is 22.3 Å². The second kappa shape index (κ2) is 13.4. The van der Waals surface area contributed by atoms with Crippen LogP contribution in [0.3, 0.4) is 0 Å². The molecule has 0 aliphatic rings. The summed E-state index contributed by atoms with van der Waals surface area (Å²) in [5.41, 5.74) is 1.71. The van der Waals surface area contributed by atoms with Crippen LogP contribution in [-0.4, -0.2) is 55.9 Å². The van der Waals surface area contributed by atoms with E-state index in [1.54, 1.807) is 38.1 Å². The molecule has 250 valence electrons. The number of hydrogen-bond acceptors (Lipinski definition) is 6. The summed E-state index contributed by atoms with van der Waals surface area (Å²) in [6, 6.07) is 27.1. The van der Waals surface area contributed by atoms with Crippen LogP contribution in [0.4, 0.5) is 0 Å². The molecule has 10 nitrogen and oxygen atoms in total. The summed E-state index contributed by atoms with van der Waals surface area (Å²) in [5.74, 6) is -6.72. The molecule has 0 atom stereocenters. The molecule has 0 saturated carbocycles. The highest BCUT2D eigenvalue weighted by molar-refractivity contribution is 6.13. The number of carbonyl (C=O) groups is 6. The number of aryl methyl sites for hydroxylation is 2. The Labute approximate surface area is 285 Å². The Morgan fingerprint density at radius 1 is 0.420 bits per heavy atom. The molecule has 5 aromatic carbocycles. The van der Waals surface area contributed by atoms with Crippen molar-refractivity contribution in [2.75, 3.05) is 0 Å². The van der Waals surface area contributed by atoms with Gasteiger partial charge in [-0.15, -0.1) is 0 Å². The maximum absolute atomic E-state index is 13.6. The van der Waals surface area contributed by atoms with Gasteiger partial charge in [0.1, 0.15) is 0 Å². The van der Waals surface area contributed by atoms with E-state index in [4.69, 9.17) is 0 Å². The summed E-state index contributed by atoms with van der Waals surface area (Å²) in [6.45, 7) is 5.50. The third-order valence-corrected chi connectivity index (χ3v) is 8.93. The van der Waals surface area contributed by atoms with Crippen molar-refractivity contribution < 1.29 is 49.2 Å². The zero-order chi connectivity index (χ0) is 36.5. The average Bonchev–Trinajstić information content (AvgIpc) is 3.10. The molecule has 0 fully saturated rings. The maximum Gasteiger partial charge on any atom is 0.336 e. The first-order chi connectivity index (χ1) is 23.6. The number of hydrogen-bond donors (Lipinski definition) is 4. The smallest absolute Gasteiger partial charge is 0.336 e. The van der Waals surface area contributed by atoms with Gasteiger partial charge in [0.25, 0.3) is 0 Å². The topological polar surface area (TPSA) is 183 Å². The minimum atomic E-state index is -1.47. The van der Waals surface area contributed by atoms with Crippen molar-refractivity contribution in [1.29, 1.82) is 0 Å².